The van der Waals surface area contributed by atoms with Crippen molar-refractivity contribution in [3.05, 3.63) is 11.6 Å². The van der Waals surface area contributed by atoms with Gasteiger partial charge in [0.2, 0.25) is 0 Å². The van der Waals surface area contributed by atoms with Crippen LogP contribution in [0, 0.1) is 0 Å². The zero-order valence-corrected chi connectivity index (χ0v) is 13.8. The van der Waals surface area contributed by atoms with Crippen molar-refractivity contribution in [3.8, 4) is 0 Å². The molecule has 2 heteroatoms. The van der Waals surface area contributed by atoms with Gasteiger partial charge in [-0.15, -0.1) is 0 Å². The summed E-state index contributed by atoms with van der Waals surface area (Å²) in [5.74, 6) is 0. The Hall–Kier alpha value is -0.340. The second-order valence-corrected chi connectivity index (χ2v) is 7.19. The lowest BCUT2D eigenvalue weighted by molar-refractivity contribution is -0.909. The minimum Gasteiger partial charge on any atom is -0.379 e. The normalized spacial score (nSPS) is 20.6. The Balaban J connectivity index is 2.28. The first-order chi connectivity index (χ1) is 8.87. The molecule has 0 N–H and O–H groups in total. The summed E-state index contributed by atoms with van der Waals surface area (Å²) in [5, 5.41) is 0. The van der Waals surface area contributed by atoms with Crippen LogP contribution >= 0.6 is 0 Å². The highest BCUT2D eigenvalue weighted by molar-refractivity contribution is 4.98. The third-order valence-corrected chi connectivity index (χ3v) is 4.56. The molecule has 1 fully saturated rings. The number of rotatable bonds is 7. The molecule has 0 saturated carbocycles. The summed E-state index contributed by atoms with van der Waals surface area (Å²) in [5.41, 5.74) is 1.60. The molecule has 2 nitrogen and oxygen atoms in total. The Morgan fingerprint density at radius 2 is 1.84 bits per heavy atom. The van der Waals surface area contributed by atoms with Crippen molar-refractivity contribution in [1.29, 1.82) is 0 Å². The van der Waals surface area contributed by atoms with Crippen molar-refractivity contribution in [2.24, 2.45) is 0 Å². The van der Waals surface area contributed by atoms with E-state index in [-0.39, 0.29) is 5.60 Å². The summed E-state index contributed by atoms with van der Waals surface area (Å²) >= 11 is 0. The molecule has 1 heterocycles. The highest BCUT2D eigenvalue weighted by Gasteiger charge is 2.24. The standard InChI is InChI=1S/C17H34NO/c1-16(11-7-8-12-17(2,3)19-5)15-18(4)13-9-6-10-14-18/h11H,6-10,12-15H2,1-5H3/q+1/b16-11+. The third kappa shape index (κ3) is 6.58. The van der Waals surface area contributed by atoms with Crippen LogP contribution in [0.25, 0.3) is 0 Å². The lowest BCUT2D eigenvalue weighted by Crippen LogP contribution is -2.48. The molecule has 0 amide bonds. The fraction of sp³-hybridized carbons (Fsp3) is 0.882. The Bertz CT molecular complexity index is 288. The second kappa shape index (κ2) is 7.44. The number of unbranched alkanes of at least 4 members (excludes halogenated alkanes) is 1. The van der Waals surface area contributed by atoms with E-state index in [0.717, 1.165) is 6.42 Å². The van der Waals surface area contributed by atoms with Crippen LogP contribution in [0.2, 0.25) is 0 Å². The maximum atomic E-state index is 5.46. The predicted octanol–water partition coefficient (Wildman–Crippen LogP) is 4.16. The molecule has 0 atom stereocenters. The van der Waals surface area contributed by atoms with E-state index >= 15 is 0 Å². The number of methoxy groups -OCH3 is 1. The molecule has 19 heavy (non-hydrogen) atoms. The van der Waals surface area contributed by atoms with Crippen LogP contribution < -0.4 is 0 Å². The van der Waals surface area contributed by atoms with Gasteiger partial charge in [0, 0.05) is 7.11 Å². The summed E-state index contributed by atoms with van der Waals surface area (Å²) in [6, 6.07) is 0. The van der Waals surface area contributed by atoms with Crippen molar-refractivity contribution in [2.45, 2.75) is 64.9 Å². The van der Waals surface area contributed by atoms with Crippen LogP contribution in [0.5, 0.6) is 0 Å². The molecular formula is C17H34NO+. The third-order valence-electron chi connectivity index (χ3n) is 4.56. The Labute approximate surface area is 120 Å². The van der Waals surface area contributed by atoms with Crippen LogP contribution in [0.3, 0.4) is 0 Å². The van der Waals surface area contributed by atoms with Gasteiger partial charge in [-0.3, -0.25) is 0 Å². The molecule has 1 aliphatic heterocycles. The summed E-state index contributed by atoms with van der Waals surface area (Å²) in [7, 11) is 4.23. The molecule has 112 valence electrons. The Kier molecular flexibility index (Phi) is 6.55. The Morgan fingerprint density at radius 3 is 2.42 bits per heavy atom. The number of likely N-dealkylation sites (tertiary alicyclic amines) is 1. The van der Waals surface area contributed by atoms with Crippen LogP contribution in [0.4, 0.5) is 0 Å². The molecular weight excluding hydrogens is 234 g/mol. The lowest BCUT2D eigenvalue weighted by Gasteiger charge is -2.38. The van der Waals surface area contributed by atoms with Crippen LogP contribution in [0.1, 0.15) is 59.3 Å². The first-order valence-corrected chi connectivity index (χ1v) is 7.91. The monoisotopic (exact) mass is 268 g/mol. The molecule has 1 rings (SSSR count). The van der Waals surface area contributed by atoms with Gasteiger partial charge in [-0.25, -0.2) is 0 Å². The van der Waals surface area contributed by atoms with Crippen molar-refractivity contribution in [2.75, 3.05) is 33.8 Å². The van der Waals surface area contributed by atoms with Gasteiger partial charge in [0.15, 0.2) is 0 Å². The summed E-state index contributed by atoms with van der Waals surface area (Å²) in [6.45, 7) is 10.6. The van der Waals surface area contributed by atoms with Crippen molar-refractivity contribution >= 4 is 0 Å². The van der Waals surface area contributed by atoms with Gasteiger partial charge in [0.1, 0.15) is 0 Å². The van der Waals surface area contributed by atoms with E-state index in [0.29, 0.717) is 0 Å². The van der Waals surface area contributed by atoms with Gasteiger partial charge in [-0.05, 0) is 64.9 Å². The lowest BCUT2D eigenvalue weighted by atomic mass is 10.0. The predicted molar refractivity (Wildman–Crippen MR) is 83.3 cm³/mol. The first-order valence-electron chi connectivity index (χ1n) is 7.91. The van der Waals surface area contributed by atoms with Gasteiger partial charge in [-0.1, -0.05) is 6.08 Å². The minimum atomic E-state index is 0.0349. The molecule has 1 aliphatic rings. The first kappa shape index (κ1) is 16.7. The van der Waals surface area contributed by atoms with Crippen LogP contribution in [0.15, 0.2) is 11.6 Å². The number of hydrogen-bond acceptors (Lipinski definition) is 1. The molecule has 0 aromatic heterocycles. The van der Waals surface area contributed by atoms with E-state index in [1.807, 2.05) is 7.11 Å². The van der Waals surface area contributed by atoms with Gasteiger partial charge in [-0.2, -0.15) is 0 Å². The molecule has 0 aromatic carbocycles. The second-order valence-electron chi connectivity index (χ2n) is 7.19. The highest BCUT2D eigenvalue weighted by atomic mass is 16.5. The number of nitrogens with zero attached hydrogens (tertiary/aromatic N) is 1. The summed E-state index contributed by atoms with van der Waals surface area (Å²) in [6.07, 6.45) is 10.3. The highest BCUT2D eigenvalue weighted by Crippen LogP contribution is 2.20. The zero-order chi connectivity index (χ0) is 14.4. The fourth-order valence-corrected chi connectivity index (χ4v) is 3.08. The average Bonchev–Trinajstić information content (AvgIpc) is 2.35. The molecule has 0 spiro atoms. The van der Waals surface area contributed by atoms with Gasteiger partial charge >= 0.3 is 0 Å². The maximum absolute atomic E-state index is 5.46. The van der Waals surface area contributed by atoms with E-state index < -0.39 is 0 Å². The molecule has 0 radical (unpaired) electrons. The fourth-order valence-electron chi connectivity index (χ4n) is 3.08. The van der Waals surface area contributed by atoms with Gasteiger partial charge in [0.05, 0.1) is 32.3 Å². The van der Waals surface area contributed by atoms with E-state index in [2.05, 4.69) is 33.9 Å². The van der Waals surface area contributed by atoms with Crippen LogP contribution in [-0.2, 0) is 4.74 Å². The number of quaternary nitrogens is 1. The molecule has 1 saturated heterocycles. The number of allylic oxidation sites excluding steroid dienone is 1. The zero-order valence-electron chi connectivity index (χ0n) is 13.8. The SMILES string of the molecule is COC(C)(C)CCC/C=C(\C)C[N+]1(C)CCCCC1. The van der Waals surface area contributed by atoms with Gasteiger partial charge < -0.3 is 9.22 Å². The Morgan fingerprint density at radius 1 is 1.21 bits per heavy atom. The smallest absolute Gasteiger partial charge is 0.0998 e. The van der Waals surface area contributed by atoms with E-state index in [1.54, 1.807) is 5.57 Å². The van der Waals surface area contributed by atoms with E-state index in [4.69, 9.17) is 4.74 Å². The van der Waals surface area contributed by atoms with Crippen LogP contribution in [-0.4, -0.2) is 43.9 Å². The average molecular weight is 268 g/mol. The van der Waals surface area contributed by atoms with Gasteiger partial charge in [0.25, 0.3) is 0 Å². The summed E-state index contributed by atoms with van der Waals surface area (Å²) < 4.78 is 6.71. The largest absolute Gasteiger partial charge is 0.379 e. The topological polar surface area (TPSA) is 9.23 Å². The van der Waals surface area contributed by atoms with E-state index in [9.17, 15) is 0 Å². The summed E-state index contributed by atoms with van der Waals surface area (Å²) in [4.78, 5) is 0. The number of likely N-dealkylation sites (N-methyl/N-ethyl adjacent to an activating group) is 1. The van der Waals surface area contributed by atoms with Crippen molar-refractivity contribution in [3.63, 3.8) is 0 Å². The molecule has 0 aromatic rings. The number of ether oxygens (including phenoxy) is 1. The number of piperidine rings is 1. The minimum absolute atomic E-state index is 0.0349. The number of hydrogen-bond donors (Lipinski definition) is 0. The molecule has 0 aliphatic carbocycles. The van der Waals surface area contributed by atoms with Crippen molar-refractivity contribution in [1.82, 2.24) is 0 Å². The molecule has 0 bridgehead atoms. The maximum Gasteiger partial charge on any atom is 0.0998 e. The van der Waals surface area contributed by atoms with E-state index in [1.165, 1.54) is 56.2 Å². The quantitative estimate of drug-likeness (QED) is 0.383. The molecule has 0 unspecified atom stereocenters. The van der Waals surface area contributed by atoms with Crippen molar-refractivity contribution < 1.29 is 9.22 Å².